The minimum atomic E-state index is -0.912. The number of pyridine rings is 1. The predicted molar refractivity (Wildman–Crippen MR) is 174 cm³/mol. The first-order chi connectivity index (χ1) is 23.4. The van der Waals surface area contributed by atoms with Crippen molar-refractivity contribution >= 4 is 27.5 Å². The minimum Gasteiger partial charge on any atom is -0.468 e. The number of aryl methyl sites for hydroxylation is 1. The molecule has 250 valence electrons. The molecule has 3 saturated heterocycles. The van der Waals surface area contributed by atoms with Crippen LogP contribution in [0.1, 0.15) is 37.8 Å². The van der Waals surface area contributed by atoms with Gasteiger partial charge in [-0.1, -0.05) is 13.0 Å². The van der Waals surface area contributed by atoms with Crippen LogP contribution in [0.3, 0.4) is 0 Å². The third-order valence-corrected chi connectivity index (χ3v) is 10.1. The summed E-state index contributed by atoms with van der Waals surface area (Å²) in [5.41, 5.74) is 0.436. The zero-order chi connectivity index (χ0) is 33.0. The largest absolute Gasteiger partial charge is 0.468 e. The average molecular weight is 660 g/mol. The van der Waals surface area contributed by atoms with Crippen molar-refractivity contribution in [2.45, 2.75) is 50.4 Å². The molecule has 3 aliphatic heterocycles. The zero-order valence-electron chi connectivity index (χ0n) is 26.8. The summed E-state index contributed by atoms with van der Waals surface area (Å²) >= 11 is 0. The van der Waals surface area contributed by atoms with E-state index < -0.39 is 17.5 Å². The van der Waals surface area contributed by atoms with Crippen LogP contribution in [0.15, 0.2) is 49.2 Å². The Labute approximate surface area is 275 Å². The Kier molecular flexibility index (Phi) is 7.83. The topological polar surface area (TPSA) is 90.7 Å². The summed E-state index contributed by atoms with van der Waals surface area (Å²) in [5, 5.41) is 1.66. The lowest BCUT2D eigenvalue weighted by Gasteiger charge is -2.41. The van der Waals surface area contributed by atoms with E-state index in [0.717, 1.165) is 19.4 Å². The number of nitrogens with zero attached hydrogens (tertiary/aromatic N) is 7. The van der Waals surface area contributed by atoms with Crippen molar-refractivity contribution in [2.75, 3.05) is 51.6 Å². The Balaban J connectivity index is 1.25. The first kappa shape index (κ1) is 30.8. The highest BCUT2D eigenvalue weighted by Gasteiger charge is 2.49. The lowest BCUT2D eigenvalue weighted by atomic mass is 9.94. The van der Waals surface area contributed by atoms with Gasteiger partial charge in [-0.15, -0.1) is 0 Å². The molecule has 3 aromatic heterocycles. The molecule has 8 rings (SSSR count). The average Bonchev–Trinajstić information content (AvgIpc) is 3.79. The molecule has 0 spiro atoms. The number of hydrogen-bond acceptors (Lipinski definition) is 9. The second-order valence-electron chi connectivity index (χ2n) is 12.9. The highest BCUT2D eigenvalue weighted by atomic mass is 19.1. The van der Waals surface area contributed by atoms with Gasteiger partial charge in [0.2, 0.25) is 0 Å². The number of benzene rings is 2. The SMILES string of the molecule is CCc1c(F)ccc2cc(OCOC)cc(-c3ncc4c(N5CC(n6ccnc6)C5)nc(OC[C@@]56CCCN5C[C@H](F)C6)nc4c3F)c12. The Morgan fingerprint density at radius 1 is 1.08 bits per heavy atom. The van der Waals surface area contributed by atoms with Gasteiger partial charge in [-0.05, 0) is 60.3 Å². The van der Waals surface area contributed by atoms with Crippen molar-refractivity contribution in [1.82, 2.24) is 29.4 Å². The van der Waals surface area contributed by atoms with E-state index in [4.69, 9.17) is 19.2 Å². The molecule has 13 heteroatoms. The molecule has 0 saturated carbocycles. The van der Waals surface area contributed by atoms with E-state index in [-0.39, 0.29) is 42.5 Å². The summed E-state index contributed by atoms with van der Waals surface area (Å²) in [6.07, 6.45) is 8.64. The number of methoxy groups -OCH3 is 1. The molecule has 0 radical (unpaired) electrons. The zero-order valence-corrected chi connectivity index (χ0v) is 26.8. The second kappa shape index (κ2) is 12.2. The molecule has 0 bridgehead atoms. The molecule has 3 fully saturated rings. The summed E-state index contributed by atoms with van der Waals surface area (Å²) in [4.78, 5) is 22.4. The van der Waals surface area contributed by atoms with Gasteiger partial charge in [0.15, 0.2) is 12.6 Å². The van der Waals surface area contributed by atoms with Crippen LogP contribution in [-0.4, -0.2) is 87.8 Å². The van der Waals surface area contributed by atoms with Gasteiger partial charge in [0.05, 0.1) is 23.3 Å². The fourth-order valence-corrected chi connectivity index (χ4v) is 7.70. The van der Waals surface area contributed by atoms with Gasteiger partial charge in [-0.2, -0.15) is 9.97 Å². The van der Waals surface area contributed by atoms with Crippen LogP contribution in [0.2, 0.25) is 0 Å². The molecular weight excluding hydrogens is 623 g/mol. The van der Waals surface area contributed by atoms with Crippen LogP contribution in [-0.2, 0) is 11.2 Å². The van der Waals surface area contributed by atoms with Crippen LogP contribution in [0.25, 0.3) is 32.9 Å². The number of hydrogen-bond donors (Lipinski definition) is 0. The maximum absolute atomic E-state index is 17.0. The van der Waals surface area contributed by atoms with Crippen LogP contribution in [0.4, 0.5) is 19.0 Å². The van der Waals surface area contributed by atoms with E-state index in [1.165, 1.54) is 13.2 Å². The molecule has 0 unspecified atom stereocenters. The third kappa shape index (κ3) is 5.20. The van der Waals surface area contributed by atoms with Crippen LogP contribution in [0, 0.1) is 11.6 Å². The van der Waals surface area contributed by atoms with Gasteiger partial charge in [-0.3, -0.25) is 9.88 Å². The Bertz CT molecular complexity index is 1990. The Morgan fingerprint density at radius 3 is 2.75 bits per heavy atom. The van der Waals surface area contributed by atoms with E-state index in [0.29, 0.717) is 71.3 Å². The minimum absolute atomic E-state index is 0.00259. The number of imidazole rings is 1. The number of halogens is 3. The number of fused-ring (bicyclic) bond motifs is 3. The molecule has 2 aromatic carbocycles. The van der Waals surface area contributed by atoms with Crippen molar-refractivity contribution in [3.8, 4) is 23.0 Å². The third-order valence-electron chi connectivity index (χ3n) is 10.1. The predicted octanol–water partition coefficient (Wildman–Crippen LogP) is 5.88. The normalized spacial score (nSPS) is 21.3. The van der Waals surface area contributed by atoms with E-state index in [1.54, 1.807) is 36.9 Å². The number of anilines is 1. The number of aromatic nitrogens is 5. The maximum atomic E-state index is 17.0. The standard InChI is InChI=1S/C35H36F3N7O3/c1-3-25-28(37)6-5-21-11-24(48-20-46-2)12-26(29(21)25)31-30(38)32-27(14-40-31)33(44-16-23(17-44)43-10-8-39-19-43)42-34(41-32)47-18-35-7-4-9-45(35)15-22(36)13-35/h5-6,8,10-12,14,19,22-23H,3-4,7,9,13,15-18,20H2,1-2H3/t22-,35+/m1/s1. The van der Waals surface area contributed by atoms with Gasteiger partial charge >= 0.3 is 6.01 Å². The van der Waals surface area contributed by atoms with Gasteiger partial charge < -0.3 is 23.7 Å². The number of alkyl halides is 1. The highest BCUT2D eigenvalue weighted by Crippen LogP contribution is 2.42. The lowest BCUT2D eigenvalue weighted by molar-refractivity contribution is 0.0512. The van der Waals surface area contributed by atoms with Gasteiger partial charge in [0.25, 0.3) is 0 Å². The fraction of sp³-hybridized carbons (Fsp3) is 0.429. The summed E-state index contributed by atoms with van der Waals surface area (Å²) in [7, 11) is 1.51. The van der Waals surface area contributed by atoms with E-state index in [9.17, 15) is 4.39 Å². The lowest BCUT2D eigenvalue weighted by Crippen LogP contribution is -2.48. The quantitative estimate of drug-likeness (QED) is 0.171. The molecule has 10 nitrogen and oxygen atoms in total. The van der Waals surface area contributed by atoms with Gasteiger partial charge in [0.1, 0.15) is 41.4 Å². The number of rotatable bonds is 10. The molecule has 0 amide bonds. The van der Waals surface area contributed by atoms with E-state index >= 15 is 8.78 Å². The summed E-state index contributed by atoms with van der Waals surface area (Å²) in [6, 6.07) is 6.68. The number of ether oxygens (including phenoxy) is 3. The highest BCUT2D eigenvalue weighted by molar-refractivity contribution is 6.01. The molecule has 0 aliphatic carbocycles. The van der Waals surface area contributed by atoms with Crippen LogP contribution in [0.5, 0.6) is 11.8 Å². The summed E-state index contributed by atoms with van der Waals surface area (Å²) in [6.45, 7) is 4.50. The van der Waals surface area contributed by atoms with Crippen molar-refractivity contribution in [2.24, 2.45) is 0 Å². The summed E-state index contributed by atoms with van der Waals surface area (Å²) in [5.74, 6) is -0.140. The second-order valence-corrected chi connectivity index (χ2v) is 12.9. The summed E-state index contributed by atoms with van der Waals surface area (Å²) < 4.78 is 65.8. The monoisotopic (exact) mass is 659 g/mol. The maximum Gasteiger partial charge on any atom is 0.319 e. The van der Waals surface area contributed by atoms with Gasteiger partial charge in [0, 0.05) is 57.3 Å². The molecule has 0 N–H and O–H groups in total. The molecular formula is C35H36F3N7O3. The van der Waals surface area contributed by atoms with E-state index in [2.05, 4.69) is 19.9 Å². The van der Waals surface area contributed by atoms with Crippen molar-refractivity contribution in [3.63, 3.8) is 0 Å². The molecule has 3 aliphatic rings. The first-order valence-corrected chi connectivity index (χ1v) is 16.3. The smallest absolute Gasteiger partial charge is 0.319 e. The Hall–Kier alpha value is -4.49. The molecule has 5 aromatic rings. The molecule has 48 heavy (non-hydrogen) atoms. The van der Waals surface area contributed by atoms with Crippen LogP contribution >= 0.6 is 0 Å². The van der Waals surface area contributed by atoms with Crippen LogP contribution < -0.4 is 14.4 Å². The van der Waals surface area contributed by atoms with Crippen molar-refractivity contribution in [1.29, 1.82) is 0 Å². The first-order valence-electron chi connectivity index (χ1n) is 16.3. The molecule has 6 heterocycles. The van der Waals surface area contributed by atoms with E-state index in [1.807, 2.05) is 22.6 Å². The molecule has 2 atom stereocenters. The van der Waals surface area contributed by atoms with Gasteiger partial charge in [-0.25, -0.2) is 18.2 Å². The van der Waals surface area contributed by atoms with Crippen molar-refractivity contribution in [3.05, 3.63) is 66.4 Å². The van der Waals surface area contributed by atoms with Crippen molar-refractivity contribution < 1.29 is 27.4 Å². The fourth-order valence-electron chi connectivity index (χ4n) is 7.70. The Morgan fingerprint density at radius 2 is 1.96 bits per heavy atom.